The number of hydrogen-bond acceptors (Lipinski definition) is 6. The number of benzene rings is 2. The Bertz CT molecular complexity index is 853. The van der Waals surface area contributed by atoms with E-state index in [0.717, 1.165) is 0 Å². The first-order valence-corrected chi connectivity index (χ1v) is 8.81. The second-order valence-electron chi connectivity index (χ2n) is 6.43. The molecule has 28 heavy (non-hydrogen) atoms. The Labute approximate surface area is 163 Å². The molecule has 8 nitrogen and oxygen atoms in total. The van der Waals surface area contributed by atoms with Crippen molar-refractivity contribution in [3.63, 3.8) is 0 Å². The monoisotopic (exact) mass is 385 g/mol. The normalized spacial score (nSPS) is 13.1. The number of methoxy groups -OCH3 is 1. The van der Waals surface area contributed by atoms with Gasteiger partial charge in [-0.05, 0) is 50.4 Å². The van der Waals surface area contributed by atoms with Crippen LogP contribution in [-0.2, 0) is 9.59 Å². The highest BCUT2D eigenvalue weighted by atomic mass is 16.7. The van der Waals surface area contributed by atoms with Gasteiger partial charge in [0.05, 0.1) is 19.7 Å². The van der Waals surface area contributed by atoms with Gasteiger partial charge in [-0.15, -0.1) is 0 Å². The summed E-state index contributed by atoms with van der Waals surface area (Å²) in [6, 6.07) is 11.7. The van der Waals surface area contributed by atoms with Crippen LogP contribution in [0, 0.1) is 0 Å². The van der Waals surface area contributed by atoms with Crippen molar-refractivity contribution >= 4 is 23.2 Å². The van der Waals surface area contributed by atoms with E-state index in [1.807, 2.05) is 0 Å². The molecular weight excluding hydrogens is 362 g/mol. The van der Waals surface area contributed by atoms with Gasteiger partial charge in [-0.25, -0.2) is 0 Å². The first-order chi connectivity index (χ1) is 13.5. The highest BCUT2D eigenvalue weighted by Gasteiger charge is 2.21. The number of fused-ring (bicyclic) bond motifs is 1. The molecule has 1 atom stereocenters. The number of anilines is 2. The number of nitrogens with one attached hydrogen (secondary N) is 2. The lowest BCUT2D eigenvalue weighted by Gasteiger charge is -2.23. The van der Waals surface area contributed by atoms with Crippen LogP contribution in [0.1, 0.15) is 6.92 Å². The van der Waals surface area contributed by atoms with Crippen LogP contribution in [0.5, 0.6) is 17.2 Å². The van der Waals surface area contributed by atoms with Gasteiger partial charge in [-0.2, -0.15) is 0 Å². The molecule has 1 unspecified atom stereocenters. The average Bonchev–Trinajstić information content (AvgIpc) is 3.15. The Kier molecular flexibility index (Phi) is 6.00. The molecule has 0 bridgehead atoms. The smallest absolute Gasteiger partial charge is 0.241 e. The summed E-state index contributed by atoms with van der Waals surface area (Å²) in [5, 5.41) is 5.62. The van der Waals surface area contributed by atoms with Crippen LogP contribution in [-0.4, -0.2) is 50.3 Å². The summed E-state index contributed by atoms with van der Waals surface area (Å²) in [4.78, 5) is 26.4. The first kappa shape index (κ1) is 19.5. The number of carbonyl (C=O) groups is 2. The Morgan fingerprint density at radius 1 is 1.07 bits per heavy atom. The Hall–Kier alpha value is -3.26. The Morgan fingerprint density at radius 3 is 2.46 bits per heavy atom. The van der Waals surface area contributed by atoms with Crippen molar-refractivity contribution in [3.05, 3.63) is 42.5 Å². The summed E-state index contributed by atoms with van der Waals surface area (Å²) >= 11 is 0. The first-order valence-electron chi connectivity index (χ1n) is 8.81. The molecule has 2 aromatic carbocycles. The minimum absolute atomic E-state index is 0.0712. The number of likely N-dealkylation sites (N-methyl/N-ethyl adjacent to an activating group) is 1. The average molecular weight is 385 g/mol. The predicted octanol–water partition coefficient (Wildman–Crippen LogP) is 2.32. The van der Waals surface area contributed by atoms with Gasteiger partial charge in [0.25, 0.3) is 0 Å². The standard InChI is InChI=1S/C20H23N3O5/c1-13(20(25)22-15-6-9-17-18(10-15)28-12-27-17)23(2)11-19(24)21-14-4-7-16(26-3)8-5-14/h4-10,13H,11-12H2,1-3H3,(H,21,24)(H,22,25). The fraction of sp³-hybridized carbons (Fsp3) is 0.300. The Balaban J connectivity index is 1.51. The molecular formula is C20H23N3O5. The molecule has 0 aliphatic carbocycles. The molecule has 8 heteroatoms. The third-order valence-corrected chi connectivity index (χ3v) is 4.45. The topological polar surface area (TPSA) is 89.1 Å². The molecule has 0 fully saturated rings. The Morgan fingerprint density at radius 2 is 1.75 bits per heavy atom. The molecule has 1 heterocycles. The maximum Gasteiger partial charge on any atom is 0.241 e. The van der Waals surface area contributed by atoms with Crippen molar-refractivity contribution < 1.29 is 23.8 Å². The molecule has 0 aromatic heterocycles. The number of ether oxygens (including phenoxy) is 3. The van der Waals surface area contributed by atoms with E-state index >= 15 is 0 Å². The summed E-state index contributed by atoms with van der Waals surface area (Å²) in [6.45, 7) is 1.99. The lowest BCUT2D eigenvalue weighted by atomic mass is 10.2. The van der Waals surface area contributed by atoms with E-state index in [0.29, 0.717) is 28.6 Å². The lowest BCUT2D eigenvalue weighted by molar-refractivity contribution is -0.122. The quantitative estimate of drug-likeness (QED) is 0.760. The van der Waals surface area contributed by atoms with Crippen molar-refractivity contribution in [2.75, 3.05) is 38.1 Å². The van der Waals surface area contributed by atoms with Crippen LogP contribution in [0.25, 0.3) is 0 Å². The van der Waals surface area contributed by atoms with Crippen molar-refractivity contribution in [1.82, 2.24) is 4.90 Å². The highest BCUT2D eigenvalue weighted by molar-refractivity contribution is 5.96. The third kappa shape index (κ3) is 4.72. The molecule has 2 N–H and O–H groups in total. The minimum atomic E-state index is -0.507. The summed E-state index contributed by atoms with van der Waals surface area (Å²) in [5.41, 5.74) is 1.27. The molecule has 0 spiro atoms. The van der Waals surface area contributed by atoms with E-state index < -0.39 is 6.04 Å². The molecule has 148 valence electrons. The molecule has 0 saturated heterocycles. The van der Waals surface area contributed by atoms with Crippen molar-refractivity contribution in [2.45, 2.75) is 13.0 Å². The lowest BCUT2D eigenvalue weighted by Crippen LogP contribution is -2.43. The van der Waals surface area contributed by atoms with E-state index in [1.54, 1.807) is 68.4 Å². The zero-order valence-corrected chi connectivity index (χ0v) is 16.0. The maximum absolute atomic E-state index is 12.5. The van der Waals surface area contributed by atoms with Crippen LogP contribution in [0.4, 0.5) is 11.4 Å². The summed E-state index contributed by atoms with van der Waals surface area (Å²) in [6.07, 6.45) is 0. The molecule has 1 aliphatic rings. The van der Waals surface area contributed by atoms with Gasteiger partial charge in [0.15, 0.2) is 11.5 Å². The molecule has 3 rings (SSSR count). The predicted molar refractivity (Wildman–Crippen MR) is 105 cm³/mol. The number of nitrogens with zero attached hydrogens (tertiary/aromatic N) is 1. The fourth-order valence-electron chi connectivity index (χ4n) is 2.66. The van der Waals surface area contributed by atoms with Crippen molar-refractivity contribution in [1.29, 1.82) is 0 Å². The second-order valence-corrected chi connectivity index (χ2v) is 6.43. The largest absolute Gasteiger partial charge is 0.497 e. The second kappa shape index (κ2) is 8.62. The van der Waals surface area contributed by atoms with E-state index in [4.69, 9.17) is 14.2 Å². The van der Waals surface area contributed by atoms with E-state index in [9.17, 15) is 9.59 Å². The molecule has 0 radical (unpaired) electrons. The number of carbonyl (C=O) groups excluding carboxylic acids is 2. The van der Waals surface area contributed by atoms with Gasteiger partial charge in [0.2, 0.25) is 18.6 Å². The van der Waals surface area contributed by atoms with Crippen LogP contribution in [0.2, 0.25) is 0 Å². The molecule has 1 aliphatic heterocycles. The van der Waals surface area contributed by atoms with Gasteiger partial charge in [0, 0.05) is 17.4 Å². The van der Waals surface area contributed by atoms with Crippen LogP contribution in [0.15, 0.2) is 42.5 Å². The number of amides is 2. The number of hydrogen-bond donors (Lipinski definition) is 2. The van der Waals surface area contributed by atoms with Gasteiger partial charge in [0.1, 0.15) is 5.75 Å². The van der Waals surface area contributed by atoms with Crippen LogP contribution < -0.4 is 24.8 Å². The van der Waals surface area contributed by atoms with E-state index in [2.05, 4.69) is 10.6 Å². The highest BCUT2D eigenvalue weighted by Crippen LogP contribution is 2.34. The summed E-state index contributed by atoms with van der Waals surface area (Å²) < 4.78 is 15.7. The maximum atomic E-state index is 12.5. The zero-order chi connectivity index (χ0) is 20.1. The number of rotatable bonds is 7. The van der Waals surface area contributed by atoms with Gasteiger partial charge in [-0.1, -0.05) is 0 Å². The molecule has 2 aromatic rings. The SMILES string of the molecule is COc1ccc(NC(=O)CN(C)C(C)C(=O)Nc2ccc3c(c2)OCO3)cc1. The zero-order valence-electron chi connectivity index (χ0n) is 16.0. The van der Waals surface area contributed by atoms with Crippen LogP contribution in [0.3, 0.4) is 0 Å². The van der Waals surface area contributed by atoms with Crippen molar-refractivity contribution in [2.24, 2.45) is 0 Å². The van der Waals surface area contributed by atoms with Crippen LogP contribution >= 0.6 is 0 Å². The van der Waals surface area contributed by atoms with Gasteiger partial charge in [-0.3, -0.25) is 14.5 Å². The third-order valence-electron chi connectivity index (χ3n) is 4.45. The van der Waals surface area contributed by atoms with E-state index in [1.165, 1.54) is 0 Å². The van der Waals surface area contributed by atoms with E-state index in [-0.39, 0.29) is 25.2 Å². The minimum Gasteiger partial charge on any atom is -0.497 e. The van der Waals surface area contributed by atoms with Gasteiger partial charge >= 0.3 is 0 Å². The summed E-state index contributed by atoms with van der Waals surface area (Å²) in [5.74, 6) is 1.52. The molecule has 0 saturated carbocycles. The van der Waals surface area contributed by atoms with Crippen molar-refractivity contribution in [3.8, 4) is 17.2 Å². The summed E-state index contributed by atoms with van der Waals surface area (Å²) in [7, 11) is 3.30. The fourth-order valence-corrected chi connectivity index (χ4v) is 2.66. The van der Waals surface area contributed by atoms with Gasteiger partial charge < -0.3 is 24.8 Å². The molecule has 2 amide bonds.